The van der Waals surface area contributed by atoms with Gasteiger partial charge in [0.1, 0.15) is 0 Å². The Labute approximate surface area is 104 Å². The molecule has 1 nitrogen and oxygen atoms in total. The highest BCUT2D eigenvalue weighted by Gasteiger charge is 2.30. The second-order valence-electron chi connectivity index (χ2n) is 4.37. The predicted octanol–water partition coefficient (Wildman–Crippen LogP) is 3.06. The highest BCUT2D eigenvalue weighted by molar-refractivity contribution is 5.38. The van der Waals surface area contributed by atoms with E-state index in [0.717, 1.165) is 38.1 Å². The monoisotopic (exact) mass is 253 g/mol. The molecule has 1 aliphatic heterocycles. The minimum atomic E-state index is -4.30. The van der Waals surface area contributed by atoms with Crippen LogP contribution in [0.4, 0.5) is 13.2 Å². The summed E-state index contributed by atoms with van der Waals surface area (Å²) in [6.07, 6.45) is -2.37. The molecule has 0 bridgehead atoms. The Morgan fingerprint density at radius 1 is 1.17 bits per heavy atom. The van der Waals surface area contributed by atoms with E-state index < -0.39 is 11.7 Å². The lowest BCUT2D eigenvalue weighted by Crippen LogP contribution is -2.26. The van der Waals surface area contributed by atoms with Gasteiger partial charge >= 0.3 is 6.18 Å². The average Bonchev–Trinajstić information content (AvgIpc) is 2.37. The van der Waals surface area contributed by atoms with Crippen LogP contribution in [0.15, 0.2) is 24.3 Å². The van der Waals surface area contributed by atoms with E-state index in [9.17, 15) is 13.2 Å². The Kier molecular flexibility index (Phi) is 3.93. The summed E-state index contributed by atoms with van der Waals surface area (Å²) in [5.41, 5.74) is -0.206. The summed E-state index contributed by atoms with van der Waals surface area (Å²) < 4.78 is 37.5. The number of halogens is 3. The number of nitrogens with one attached hydrogen (secondary N) is 1. The Bertz CT molecular complexity index is 462. The van der Waals surface area contributed by atoms with Gasteiger partial charge < -0.3 is 5.32 Å². The van der Waals surface area contributed by atoms with Crippen molar-refractivity contribution in [3.8, 4) is 11.8 Å². The first-order valence-corrected chi connectivity index (χ1v) is 5.95. The van der Waals surface area contributed by atoms with Crippen molar-refractivity contribution in [1.82, 2.24) is 5.32 Å². The van der Waals surface area contributed by atoms with Crippen molar-refractivity contribution >= 4 is 0 Å². The van der Waals surface area contributed by atoms with E-state index in [1.165, 1.54) is 6.07 Å². The molecule has 0 aromatic heterocycles. The fourth-order valence-corrected chi connectivity index (χ4v) is 1.92. The molecule has 1 fully saturated rings. The summed E-state index contributed by atoms with van der Waals surface area (Å²) >= 11 is 0. The summed E-state index contributed by atoms with van der Waals surface area (Å²) in [7, 11) is 0. The average molecular weight is 253 g/mol. The van der Waals surface area contributed by atoms with Crippen molar-refractivity contribution in [2.24, 2.45) is 5.92 Å². The molecule has 0 amide bonds. The molecule has 0 unspecified atom stereocenters. The van der Waals surface area contributed by atoms with Crippen LogP contribution in [0.2, 0.25) is 0 Å². The SMILES string of the molecule is FC(F)(F)c1cccc(C#CC2CCNCC2)c1. The van der Waals surface area contributed by atoms with Crippen LogP contribution < -0.4 is 5.32 Å². The minimum absolute atomic E-state index is 0.292. The highest BCUT2D eigenvalue weighted by atomic mass is 19.4. The van der Waals surface area contributed by atoms with Gasteiger partial charge in [-0.15, -0.1) is 0 Å². The second kappa shape index (κ2) is 5.45. The number of hydrogen-bond donors (Lipinski definition) is 1. The third kappa shape index (κ3) is 3.51. The molecule has 0 atom stereocenters. The normalized spacial score (nSPS) is 17.1. The van der Waals surface area contributed by atoms with Crippen molar-refractivity contribution in [1.29, 1.82) is 0 Å². The number of hydrogen-bond acceptors (Lipinski definition) is 1. The molecule has 0 saturated carbocycles. The van der Waals surface area contributed by atoms with E-state index >= 15 is 0 Å². The van der Waals surface area contributed by atoms with Gasteiger partial charge in [-0.1, -0.05) is 17.9 Å². The molecular formula is C14H14F3N. The van der Waals surface area contributed by atoms with Crippen molar-refractivity contribution in [2.45, 2.75) is 19.0 Å². The van der Waals surface area contributed by atoms with Gasteiger partial charge in [-0.3, -0.25) is 0 Å². The van der Waals surface area contributed by atoms with E-state index in [0.29, 0.717) is 11.5 Å². The van der Waals surface area contributed by atoms with E-state index in [1.807, 2.05) is 0 Å². The van der Waals surface area contributed by atoms with Crippen LogP contribution >= 0.6 is 0 Å². The smallest absolute Gasteiger partial charge is 0.317 e. The van der Waals surface area contributed by atoms with Crippen LogP contribution in [0, 0.1) is 17.8 Å². The number of piperidine rings is 1. The van der Waals surface area contributed by atoms with Gasteiger partial charge in [0.15, 0.2) is 0 Å². The van der Waals surface area contributed by atoms with Crippen LogP contribution in [0.25, 0.3) is 0 Å². The van der Waals surface area contributed by atoms with Crippen molar-refractivity contribution in [3.63, 3.8) is 0 Å². The molecule has 4 heteroatoms. The minimum Gasteiger partial charge on any atom is -0.317 e. The second-order valence-corrected chi connectivity index (χ2v) is 4.37. The molecule has 2 rings (SSSR count). The molecule has 1 aliphatic rings. The summed E-state index contributed by atoms with van der Waals surface area (Å²) in [6.45, 7) is 1.86. The van der Waals surface area contributed by atoms with E-state index in [1.54, 1.807) is 6.07 Å². The fourth-order valence-electron chi connectivity index (χ4n) is 1.92. The zero-order valence-corrected chi connectivity index (χ0v) is 9.85. The lowest BCUT2D eigenvalue weighted by atomic mass is 9.98. The van der Waals surface area contributed by atoms with Crippen molar-refractivity contribution < 1.29 is 13.2 Å². The summed E-state index contributed by atoms with van der Waals surface area (Å²) in [5, 5.41) is 3.23. The first kappa shape index (κ1) is 13.0. The Balaban J connectivity index is 2.12. The fraction of sp³-hybridized carbons (Fsp3) is 0.429. The van der Waals surface area contributed by atoms with Crippen molar-refractivity contribution in [3.05, 3.63) is 35.4 Å². The first-order chi connectivity index (χ1) is 8.55. The summed E-state index contributed by atoms with van der Waals surface area (Å²) in [5.74, 6) is 6.20. The van der Waals surface area contributed by atoms with Crippen molar-refractivity contribution in [2.75, 3.05) is 13.1 Å². The van der Waals surface area contributed by atoms with E-state index in [2.05, 4.69) is 17.2 Å². The van der Waals surface area contributed by atoms with Gasteiger partial charge in [0, 0.05) is 11.5 Å². The van der Waals surface area contributed by atoms with Gasteiger partial charge in [-0.2, -0.15) is 13.2 Å². The predicted molar refractivity (Wildman–Crippen MR) is 63.9 cm³/mol. The van der Waals surface area contributed by atoms with E-state index in [4.69, 9.17) is 0 Å². The number of rotatable bonds is 0. The van der Waals surface area contributed by atoms with Crippen LogP contribution in [0.3, 0.4) is 0 Å². The quantitative estimate of drug-likeness (QED) is 0.701. The molecule has 1 aromatic rings. The zero-order chi connectivity index (χ0) is 13.0. The van der Waals surface area contributed by atoms with Crippen LogP contribution in [-0.4, -0.2) is 13.1 Å². The third-order valence-corrected chi connectivity index (χ3v) is 2.95. The number of alkyl halides is 3. The first-order valence-electron chi connectivity index (χ1n) is 5.95. The van der Waals surface area contributed by atoms with E-state index in [-0.39, 0.29) is 0 Å². The third-order valence-electron chi connectivity index (χ3n) is 2.95. The molecule has 1 aromatic carbocycles. The van der Waals surface area contributed by atoms with Gasteiger partial charge in [0.2, 0.25) is 0 Å². The standard InChI is InChI=1S/C14H14F3N/c15-14(16,17)13-3-1-2-12(10-13)5-4-11-6-8-18-9-7-11/h1-3,10-11,18H,6-9H2. The maximum atomic E-state index is 12.5. The zero-order valence-electron chi connectivity index (χ0n) is 9.85. The Morgan fingerprint density at radius 2 is 1.89 bits per heavy atom. The molecule has 1 heterocycles. The maximum absolute atomic E-state index is 12.5. The molecular weight excluding hydrogens is 239 g/mol. The highest BCUT2D eigenvalue weighted by Crippen LogP contribution is 2.29. The van der Waals surface area contributed by atoms with Gasteiger partial charge in [0.25, 0.3) is 0 Å². The lowest BCUT2D eigenvalue weighted by molar-refractivity contribution is -0.137. The molecule has 0 radical (unpaired) electrons. The molecule has 96 valence electrons. The Morgan fingerprint density at radius 3 is 2.56 bits per heavy atom. The maximum Gasteiger partial charge on any atom is 0.416 e. The summed E-state index contributed by atoms with van der Waals surface area (Å²) in [6, 6.07) is 5.18. The number of benzene rings is 1. The van der Waals surface area contributed by atoms with Crippen LogP contribution in [0.1, 0.15) is 24.0 Å². The molecule has 0 spiro atoms. The summed E-state index contributed by atoms with van der Waals surface area (Å²) in [4.78, 5) is 0. The molecule has 0 aliphatic carbocycles. The van der Waals surface area contributed by atoms with Gasteiger partial charge in [-0.05, 0) is 44.1 Å². The molecule has 1 N–H and O–H groups in total. The van der Waals surface area contributed by atoms with Crippen LogP contribution in [-0.2, 0) is 6.18 Å². The molecule has 18 heavy (non-hydrogen) atoms. The van der Waals surface area contributed by atoms with Gasteiger partial charge in [0.05, 0.1) is 5.56 Å². The van der Waals surface area contributed by atoms with Gasteiger partial charge in [-0.25, -0.2) is 0 Å². The topological polar surface area (TPSA) is 12.0 Å². The Hall–Kier alpha value is -1.47. The molecule has 1 saturated heterocycles. The van der Waals surface area contributed by atoms with Crippen LogP contribution in [0.5, 0.6) is 0 Å². The lowest BCUT2D eigenvalue weighted by Gasteiger charge is -2.17. The largest absolute Gasteiger partial charge is 0.416 e.